The SMILES string of the molecule is CC(C)C[C@H](NC1CCCCC([C@@H]2S[C@@H](C)[C@@H](O)[C@@H](O)[C@@H]2O)C1)C(=O)O. The number of nitrogens with one attached hydrogen (secondary N) is 1. The van der Waals surface area contributed by atoms with Gasteiger partial charge in [0.25, 0.3) is 0 Å². The van der Waals surface area contributed by atoms with Crippen molar-refractivity contribution in [1.82, 2.24) is 5.32 Å². The van der Waals surface area contributed by atoms with E-state index in [-0.39, 0.29) is 22.5 Å². The summed E-state index contributed by atoms with van der Waals surface area (Å²) >= 11 is 1.56. The highest BCUT2D eigenvalue weighted by molar-refractivity contribution is 8.00. The van der Waals surface area contributed by atoms with Crippen molar-refractivity contribution in [1.29, 1.82) is 0 Å². The molecule has 5 N–H and O–H groups in total. The zero-order chi connectivity index (χ0) is 19.4. The van der Waals surface area contributed by atoms with Crippen molar-refractivity contribution < 1.29 is 25.2 Å². The highest BCUT2D eigenvalue weighted by atomic mass is 32.2. The van der Waals surface area contributed by atoms with E-state index in [0.29, 0.717) is 12.3 Å². The molecule has 1 saturated heterocycles. The molecule has 152 valence electrons. The zero-order valence-electron chi connectivity index (χ0n) is 16.0. The van der Waals surface area contributed by atoms with E-state index in [4.69, 9.17) is 0 Å². The minimum atomic E-state index is -1.11. The van der Waals surface area contributed by atoms with Gasteiger partial charge in [0, 0.05) is 16.5 Å². The van der Waals surface area contributed by atoms with Gasteiger partial charge in [0.2, 0.25) is 0 Å². The molecule has 2 rings (SSSR count). The first-order chi connectivity index (χ1) is 12.2. The lowest BCUT2D eigenvalue weighted by atomic mass is 9.87. The molecule has 0 aromatic rings. The summed E-state index contributed by atoms with van der Waals surface area (Å²) in [4.78, 5) is 11.6. The van der Waals surface area contributed by atoms with Crippen LogP contribution in [0.2, 0.25) is 0 Å². The molecular weight excluding hydrogens is 354 g/mol. The Labute approximate surface area is 160 Å². The van der Waals surface area contributed by atoms with E-state index >= 15 is 0 Å². The summed E-state index contributed by atoms with van der Waals surface area (Å²) in [5.74, 6) is -0.301. The first kappa shape index (κ1) is 22.0. The molecule has 0 aromatic carbocycles. The maximum absolute atomic E-state index is 11.6. The Morgan fingerprint density at radius 3 is 2.38 bits per heavy atom. The highest BCUT2D eigenvalue weighted by Crippen LogP contribution is 2.41. The molecule has 1 saturated carbocycles. The molecule has 2 aliphatic rings. The van der Waals surface area contributed by atoms with Gasteiger partial charge in [0.1, 0.15) is 12.1 Å². The average molecular weight is 390 g/mol. The number of hydrogen-bond donors (Lipinski definition) is 5. The summed E-state index contributed by atoms with van der Waals surface area (Å²) in [5.41, 5.74) is 0. The molecule has 0 amide bonds. The summed E-state index contributed by atoms with van der Waals surface area (Å²) in [7, 11) is 0. The van der Waals surface area contributed by atoms with Gasteiger partial charge in [-0.3, -0.25) is 4.79 Å². The second kappa shape index (κ2) is 9.73. The van der Waals surface area contributed by atoms with Gasteiger partial charge in [-0.2, -0.15) is 0 Å². The molecule has 6 nitrogen and oxygen atoms in total. The van der Waals surface area contributed by atoms with Crippen LogP contribution in [-0.2, 0) is 4.79 Å². The van der Waals surface area contributed by atoms with Crippen LogP contribution in [-0.4, -0.2) is 67.3 Å². The molecule has 2 fully saturated rings. The monoisotopic (exact) mass is 389 g/mol. The van der Waals surface area contributed by atoms with Gasteiger partial charge in [-0.15, -0.1) is 11.8 Å². The predicted molar refractivity (Wildman–Crippen MR) is 103 cm³/mol. The first-order valence-corrected chi connectivity index (χ1v) is 10.8. The van der Waals surface area contributed by atoms with Crippen LogP contribution >= 0.6 is 11.8 Å². The fourth-order valence-corrected chi connectivity index (χ4v) is 5.93. The Bertz CT molecular complexity index is 463. The van der Waals surface area contributed by atoms with Gasteiger partial charge in [-0.25, -0.2) is 0 Å². The van der Waals surface area contributed by atoms with E-state index < -0.39 is 30.3 Å². The van der Waals surface area contributed by atoms with Crippen LogP contribution in [0.1, 0.15) is 59.3 Å². The van der Waals surface area contributed by atoms with E-state index in [2.05, 4.69) is 5.32 Å². The van der Waals surface area contributed by atoms with Crippen LogP contribution in [0.4, 0.5) is 0 Å². The molecule has 7 heteroatoms. The maximum atomic E-state index is 11.6. The van der Waals surface area contributed by atoms with Crippen molar-refractivity contribution in [3.05, 3.63) is 0 Å². The number of aliphatic carboxylic acids is 1. The largest absolute Gasteiger partial charge is 0.480 e. The number of carboxylic acids is 1. The highest BCUT2D eigenvalue weighted by Gasteiger charge is 2.45. The van der Waals surface area contributed by atoms with Crippen molar-refractivity contribution in [3.63, 3.8) is 0 Å². The Morgan fingerprint density at radius 1 is 1.12 bits per heavy atom. The molecule has 1 aliphatic carbocycles. The van der Waals surface area contributed by atoms with E-state index in [9.17, 15) is 25.2 Å². The quantitative estimate of drug-likeness (QED) is 0.439. The number of carbonyl (C=O) groups is 1. The number of thioether (sulfide) groups is 1. The molecule has 0 radical (unpaired) electrons. The van der Waals surface area contributed by atoms with Gasteiger partial charge in [-0.1, -0.05) is 33.6 Å². The van der Waals surface area contributed by atoms with Crippen LogP contribution in [0.5, 0.6) is 0 Å². The lowest BCUT2D eigenvalue weighted by Crippen LogP contribution is -2.54. The summed E-state index contributed by atoms with van der Waals surface area (Å²) < 4.78 is 0. The Balaban J connectivity index is 2.05. The van der Waals surface area contributed by atoms with Crippen molar-refractivity contribution in [2.45, 2.75) is 100 Å². The molecule has 0 spiro atoms. The van der Waals surface area contributed by atoms with Crippen molar-refractivity contribution >= 4 is 17.7 Å². The van der Waals surface area contributed by atoms with Crippen molar-refractivity contribution in [2.24, 2.45) is 11.8 Å². The van der Waals surface area contributed by atoms with E-state index in [1.54, 1.807) is 11.8 Å². The smallest absolute Gasteiger partial charge is 0.320 e. The molecular formula is C19H35NO5S. The van der Waals surface area contributed by atoms with Crippen molar-refractivity contribution in [2.75, 3.05) is 0 Å². The molecule has 0 aromatic heterocycles. The van der Waals surface area contributed by atoms with E-state index in [0.717, 1.165) is 32.1 Å². The Morgan fingerprint density at radius 2 is 1.77 bits per heavy atom. The van der Waals surface area contributed by atoms with E-state index in [1.807, 2.05) is 20.8 Å². The molecule has 1 aliphatic heterocycles. The van der Waals surface area contributed by atoms with Crippen LogP contribution in [0.3, 0.4) is 0 Å². The van der Waals surface area contributed by atoms with Crippen LogP contribution in [0, 0.1) is 11.8 Å². The lowest BCUT2D eigenvalue weighted by molar-refractivity contribution is -0.140. The molecule has 0 bridgehead atoms. The topological polar surface area (TPSA) is 110 Å². The first-order valence-electron chi connectivity index (χ1n) is 9.89. The number of rotatable bonds is 6. The second-order valence-electron chi connectivity index (χ2n) is 8.44. The minimum absolute atomic E-state index is 0.106. The third kappa shape index (κ3) is 5.58. The standard InChI is InChI=1S/C19H35NO5S/c1-10(2)8-14(19(24)25)20-13-7-5-4-6-12(9-13)18-17(23)16(22)15(21)11(3)26-18/h10-18,20-23H,4-9H2,1-3H3,(H,24,25)/t11-,12?,13?,14-,15+,16+,17-,18-/m0/s1. The van der Waals surface area contributed by atoms with Crippen LogP contribution in [0.15, 0.2) is 0 Å². The third-order valence-corrected chi connectivity index (χ3v) is 7.45. The normalized spacial score (nSPS) is 40.2. The Kier molecular flexibility index (Phi) is 8.22. The molecule has 2 unspecified atom stereocenters. The van der Waals surface area contributed by atoms with Gasteiger partial charge in [0.05, 0.1) is 12.2 Å². The maximum Gasteiger partial charge on any atom is 0.320 e. The van der Waals surface area contributed by atoms with Gasteiger partial charge >= 0.3 is 5.97 Å². The summed E-state index contributed by atoms with van der Waals surface area (Å²) in [6, 6.07) is -0.441. The van der Waals surface area contributed by atoms with Gasteiger partial charge < -0.3 is 25.7 Å². The van der Waals surface area contributed by atoms with E-state index in [1.165, 1.54) is 0 Å². The molecule has 8 atom stereocenters. The zero-order valence-corrected chi connectivity index (χ0v) is 16.9. The fourth-order valence-electron chi connectivity index (χ4n) is 4.32. The number of carboxylic acid groups (broad SMARTS) is 1. The molecule has 1 heterocycles. The van der Waals surface area contributed by atoms with Gasteiger partial charge in [-0.05, 0) is 37.5 Å². The second-order valence-corrected chi connectivity index (χ2v) is 10.0. The average Bonchev–Trinajstić information content (AvgIpc) is 2.80. The number of aliphatic hydroxyl groups is 3. The number of aliphatic hydroxyl groups excluding tert-OH is 3. The Hall–Kier alpha value is -0.340. The summed E-state index contributed by atoms with van der Waals surface area (Å²) in [5, 5.41) is 43.3. The molecule has 26 heavy (non-hydrogen) atoms. The number of hydrogen-bond acceptors (Lipinski definition) is 6. The van der Waals surface area contributed by atoms with Gasteiger partial charge in [0.15, 0.2) is 0 Å². The minimum Gasteiger partial charge on any atom is -0.480 e. The van der Waals surface area contributed by atoms with Crippen LogP contribution in [0.25, 0.3) is 0 Å². The summed E-state index contributed by atoms with van der Waals surface area (Å²) in [6.07, 6.45) is 2.41. The fraction of sp³-hybridized carbons (Fsp3) is 0.947. The lowest BCUT2D eigenvalue weighted by Gasteiger charge is -2.42. The van der Waals surface area contributed by atoms with Crippen molar-refractivity contribution in [3.8, 4) is 0 Å². The van der Waals surface area contributed by atoms with Crippen LogP contribution < -0.4 is 5.32 Å². The predicted octanol–water partition coefficient (Wildman–Crippen LogP) is 1.61. The summed E-state index contributed by atoms with van der Waals surface area (Å²) in [6.45, 7) is 5.93. The third-order valence-electron chi connectivity index (χ3n) is 5.76.